The van der Waals surface area contributed by atoms with Crippen molar-refractivity contribution >= 4 is 17.9 Å². The average Bonchev–Trinajstić information content (AvgIpc) is 3.35. The van der Waals surface area contributed by atoms with Gasteiger partial charge in [0.05, 0.1) is 0 Å². The van der Waals surface area contributed by atoms with Crippen molar-refractivity contribution in [3.05, 3.63) is 170 Å². The minimum Gasteiger partial charge on any atom is -0.462 e. The van der Waals surface area contributed by atoms with Gasteiger partial charge in [-0.05, 0) is 116 Å². The molecule has 6 nitrogen and oxygen atoms in total. The van der Waals surface area contributed by atoms with E-state index in [1.54, 1.807) is 0 Å². The van der Waals surface area contributed by atoms with Gasteiger partial charge in [-0.25, -0.2) is 0 Å². The number of hydrogen-bond acceptors (Lipinski definition) is 6. The number of rotatable bonds is 45. The first-order valence-electron chi connectivity index (χ1n) is 26.6. The van der Waals surface area contributed by atoms with Crippen molar-refractivity contribution in [1.82, 2.24) is 0 Å². The third-order valence-electron chi connectivity index (χ3n) is 10.2. The third kappa shape index (κ3) is 53.6. The van der Waals surface area contributed by atoms with Gasteiger partial charge in [-0.15, -0.1) is 0 Å². The number of unbranched alkanes of at least 4 members (excludes halogenated alkanes) is 6. The second kappa shape index (κ2) is 55.4. The Labute approximate surface area is 422 Å². The van der Waals surface area contributed by atoms with Crippen LogP contribution in [0.15, 0.2) is 170 Å². The largest absolute Gasteiger partial charge is 0.462 e. The molecule has 1 unspecified atom stereocenters. The van der Waals surface area contributed by atoms with Gasteiger partial charge in [-0.1, -0.05) is 223 Å². The standard InChI is InChI=1S/C63H94O6/c1-4-7-10-13-16-19-22-25-27-29-31-33-35-38-41-44-47-50-53-56-62(65)68-59-60(58-67-61(64)55-52-49-46-43-40-37-24-21-18-15-12-9-6-3)69-63(66)57-54-51-48-45-42-39-36-34-32-30-28-26-23-20-17-14-11-8-5-2/h7-8,10-11,16-17,19-20,25-28,31-34,37-42,46-51,60H,4-6,9,12-15,18,21-24,29-30,35-36,43-45,52-59H2,1-3H3/b10-7+,11-8+,19-16+,20-17+,27-25+,28-26+,33-31+,34-32+,40-37+,41-38+,42-39+,49-46+,50-47+,51-48+. The van der Waals surface area contributed by atoms with E-state index in [2.05, 4.69) is 161 Å². The van der Waals surface area contributed by atoms with Crippen molar-refractivity contribution in [2.75, 3.05) is 13.2 Å². The summed E-state index contributed by atoms with van der Waals surface area (Å²) >= 11 is 0. The molecule has 0 aliphatic carbocycles. The SMILES string of the molecule is CC/C=C/C/C=C/C/C=C/C/C=C/C/C=C/C/C=C/CCC(=O)OCC(COC(=O)CC/C=C/C/C=C/CCCCCCCC)OC(=O)CC/C=C/C/C=C/C/C=C/C/C=C/C/C=C/C/C=C/CC. The van der Waals surface area contributed by atoms with E-state index in [1.165, 1.54) is 38.5 Å². The van der Waals surface area contributed by atoms with Crippen LogP contribution in [0.3, 0.4) is 0 Å². The fraction of sp³-hybridized carbons (Fsp3) is 0.508. The molecule has 0 aliphatic rings. The number of carbonyl (C=O) groups is 3. The molecule has 0 saturated heterocycles. The van der Waals surface area contributed by atoms with E-state index in [0.29, 0.717) is 19.3 Å². The molecule has 0 amide bonds. The van der Waals surface area contributed by atoms with Crippen molar-refractivity contribution in [3.8, 4) is 0 Å². The molecular formula is C63H94O6. The van der Waals surface area contributed by atoms with Gasteiger partial charge in [0, 0.05) is 19.3 Å². The highest BCUT2D eigenvalue weighted by Gasteiger charge is 2.19. The maximum Gasteiger partial charge on any atom is 0.306 e. The zero-order valence-electron chi connectivity index (χ0n) is 43.5. The second-order valence-corrected chi connectivity index (χ2v) is 16.7. The third-order valence-corrected chi connectivity index (χ3v) is 10.2. The number of allylic oxidation sites excluding steroid dienone is 28. The van der Waals surface area contributed by atoms with Gasteiger partial charge in [0.2, 0.25) is 0 Å². The van der Waals surface area contributed by atoms with Crippen molar-refractivity contribution < 1.29 is 28.6 Å². The Balaban J connectivity index is 4.71. The van der Waals surface area contributed by atoms with E-state index in [-0.39, 0.29) is 38.4 Å². The van der Waals surface area contributed by atoms with Crippen LogP contribution in [-0.4, -0.2) is 37.2 Å². The highest BCUT2D eigenvalue weighted by molar-refractivity contribution is 5.71. The monoisotopic (exact) mass is 947 g/mol. The highest BCUT2D eigenvalue weighted by Crippen LogP contribution is 2.09. The zero-order chi connectivity index (χ0) is 50.0. The van der Waals surface area contributed by atoms with Crippen LogP contribution in [0.1, 0.15) is 188 Å². The van der Waals surface area contributed by atoms with E-state index in [9.17, 15) is 14.4 Å². The summed E-state index contributed by atoms with van der Waals surface area (Å²) < 4.78 is 16.6. The minimum atomic E-state index is -0.881. The van der Waals surface area contributed by atoms with Gasteiger partial charge in [-0.3, -0.25) is 14.4 Å². The van der Waals surface area contributed by atoms with Crippen LogP contribution in [0.25, 0.3) is 0 Å². The van der Waals surface area contributed by atoms with Crippen LogP contribution in [0.4, 0.5) is 0 Å². The molecule has 0 fully saturated rings. The molecule has 0 radical (unpaired) electrons. The summed E-state index contributed by atoms with van der Waals surface area (Å²) in [6.07, 6.45) is 82.3. The van der Waals surface area contributed by atoms with Crippen LogP contribution in [-0.2, 0) is 28.6 Å². The van der Waals surface area contributed by atoms with Crippen LogP contribution in [0.5, 0.6) is 0 Å². The first-order chi connectivity index (χ1) is 34.0. The number of hydrogen-bond donors (Lipinski definition) is 0. The first kappa shape index (κ1) is 63.8. The van der Waals surface area contributed by atoms with Crippen LogP contribution < -0.4 is 0 Å². The lowest BCUT2D eigenvalue weighted by atomic mass is 10.1. The van der Waals surface area contributed by atoms with Crippen molar-refractivity contribution in [2.24, 2.45) is 0 Å². The minimum absolute atomic E-state index is 0.168. The number of ether oxygens (including phenoxy) is 3. The summed E-state index contributed by atoms with van der Waals surface area (Å²) in [4.78, 5) is 37.9. The van der Waals surface area contributed by atoms with Gasteiger partial charge in [0.25, 0.3) is 0 Å². The lowest BCUT2D eigenvalue weighted by Crippen LogP contribution is -2.30. The Morgan fingerprint density at radius 2 is 0.565 bits per heavy atom. The molecule has 0 bridgehead atoms. The van der Waals surface area contributed by atoms with E-state index in [4.69, 9.17) is 14.2 Å². The van der Waals surface area contributed by atoms with Gasteiger partial charge in [0.1, 0.15) is 13.2 Å². The smallest absolute Gasteiger partial charge is 0.306 e. The zero-order valence-corrected chi connectivity index (χ0v) is 43.5. The number of carbonyl (C=O) groups excluding carboxylic acids is 3. The van der Waals surface area contributed by atoms with E-state index < -0.39 is 18.0 Å². The fourth-order valence-corrected chi connectivity index (χ4v) is 6.31. The molecular weight excluding hydrogens is 853 g/mol. The molecule has 0 heterocycles. The summed E-state index contributed by atoms with van der Waals surface area (Å²) in [5.74, 6) is -1.22. The molecule has 0 N–H and O–H groups in total. The van der Waals surface area contributed by atoms with Gasteiger partial charge in [0.15, 0.2) is 6.10 Å². The Hall–Kier alpha value is -5.23. The molecule has 1 atom stereocenters. The molecule has 0 rings (SSSR count). The molecule has 0 spiro atoms. The summed E-state index contributed by atoms with van der Waals surface area (Å²) in [7, 11) is 0. The van der Waals surface area contributed by atoms with Crippen molar-refractivity contribution in [1.29, 1.82) is 0 Å². The second-order valence-electron chi connectivity index (χ2n) is 16.7. The number of esters is 3. The summed E-state index contributed by atoms with van der Waals surface area (Å²) in [6.45, 7) is 6.19. The summed E-state index contributed by atoms with van der Waals surface area (Å²) in [6, 6.07) is 0. The maximum absolute atomic E-state index is 12.8. The fourth-order valence-electron chi connectivity index (χ4n) is 6.31. The Morgan fingerprint density at radius 3 is 0.884 bits per heavy atom. The predicted octanol–water partition coefficient (Wildman–Crippen LogP) is 18.0. The predicted molar refractivity (Wildman–Crippen MR) is 297 cm³/mol. The van der Waals surface area contributed by atoms with E-state index in [0.717, 1.165) is 89.9 Å². The van der Waals surface area contributed by atoms with E-state index in [1.807, 2.05) is 30.4 Å². The highest BCUT2D eigenvalue weighted by atomic mass is 16.6. The molecule has 382 valence electrons. The van der Waals surface area contributed by atoms with Crippen LogP contribution in [0.2, 0.25) is 0 Å². The molecule has 0 aromatic rings. The van der Waals surface area contributed by atoms with Crippen molar-refractivity contribution in [2.45, 2.75) is 194 Å². The normalized spacial score (nSPS) is 13.5. The lowest BCUT2D eigenvalue weighted by Gasteiger charge is -2.18. The van der Waals surface area contributed by atoms with Gasteiger partial charge in [-0.2, -0.15) is 0 Å². The van der Waals surface area contributed by atoms with Gasteiger partial charge >= 0.3 is 17.9 Å². The molecule has 0 aromatic heterocycles. The first-order valence-corrected chi connectivity index (χ1v) is 26.6. The Morgan fingerprint density at radius 1 is 0.304 bits per heavy atom. The van der Waals surface area contributed by atoms with E-state index >= 15 is 0 Å². The summed E-state index contributed by atoms with van der Waals surface area (Å²) in [5.41, 5.74) is 0. The molecule has 0 aromatic carbocycles. The molecule has 6 heteroatoms. The molecule has 0 saturated carbocycles. The maximum atomic E-state index is 12.8. The Bertz CT molecular complexity index is 1650. The molecule has 69 heavy (non-hydrogen) atoms. The van der Waals surface area contributed by atoms with Gasteiger partial charge < -0.3 is 14.2 Å². The Kier molecular flexibility index (Phi) is 51.2. The topological polar surface area (TPSA) is 78.9 Å². The summed E-state index contributed by atoms with van der Waals surface area (Å²) in [5, 5.41) is 0. The van der Waals surface area contributed by atoms with Crippen LogP contribution >= 0.6 is 0 Å². The van der Waals surface area contributed by atoms with Crippen molar-refractivity contribution in [3.63, 3.8) is 0 Å². The molecule has 0 aliphatic heterocycles. The average molecular weight is 947 g/mol. The van der Waals surface area contributed by atoms with Crippen LogP contribution in [0, 0.1) is 0 Å². The quantitative estimate of drug-likeness (QED) is 0.0262. The lowest BCUT2D eigenvalue weighted by molar-refractivity contribution is -0.166.